The van der Waals surface area contributed by atoms with E-state index in [1.54, 1.807) is 17.0 Å². The first-order valence-electron chi connectivity index (χ1n) is 9.61. The SMILES string of the molecule is CS(=O)(=O)CCn1c(CN2C(=O)C3(CC3)c3c(F)cncc32)cc2cc(Cl)ccc21. The molecule has 0 saturated heterocycles. The molecule has 2 aromatic heterocycles. The van der Waals surface area contributed by atoms with E-state index in [1.165, 1.54) is 12.5 Å². The van der Waals surface area contributed by atoms with Gasteiger partial charge < -0.3 is 9.47 Å². The number of benzene rings is 1. The summed E-state index contributed by atoms with van der Waals surface area (Å²) >= 11 is 6.13. The first kappa shape index (κ1) is 19.5. The van der Waals surface area contributed by atoms with Crippen LogP contribution < -0.4 is 4.90 Å². The number of pyridine rings is 1. The van der Waals surface area contributed by atoms with Gasteiger partial charge in [0.05, 0.1) is 35.8 Å². The predicted octanol–water partition coefficient (Wildman–Crippen LogP) is 3.45. The molecular weight excluding hydrogens is 429 g/mol. The minimum Gasteiger partial charge on any atom is -0.342 e. The molecule has 5 rings (SSSR count). The Labute approximate surface area is 178 Å². The Balaban J connectivity index is 1.59. The lowest BCUT2D eigenvalue weighted by Crippen LogP contribution is -2.32. The molecule has 3 heterocycles. The molecule has 1 spiro atoms. The first-order chi connectivity index (χ1) is 14.2. The van der Waals surface area contributed by atoms with Gasteiger partial charge in [0, 0.05) is 40.0 Å². The molecule has 6 nitrogen and oxygen atoms in total. The Morgan fingerprint density at radius 2 is 2.00 bits per heavy atom. The highest BCUT2D eigenvalue weighted by Crippen LogP contribution is 2.58. The van der Waals surface area contributed by atoms with E-state index in [9.17, 15) is 17.6 Å². The third-order valence-electron chi connectivity index (χ3n) is 6.01. The first-order valence-corrected chi connectivity index (χ1v) is 12.0. The molecule has 1 fully saturated rings. The summed E-state index contributed by atoms with van der Waals surface area (Å²) in [4.78, 5) is 18.7. The quantitative estimate of drug-likeness (QED) is 0.600. The molecule has 0 atom stereocenters. The van der Waals surface area contributed by atoms with Gasteiger partial charge in [0.25, 0.3) is 0 Å². The number of anilines is 1. The second-order valence-electron chi connectivity index (χ2n) is 8.11. The molecule has 9 heteroatoms. The van der Waals surface area contributed by atoms with E-state index in [0.29, 0.717) is 29.1 Å². The summed E-state index contributed by atoms with van der Waals surface area (Å²) in [7, 11) is -3.18. The van der Waals surface area contributed by atoms with Crippen LogP contribution in [0.15, 0.2) is 36.7 Å². The lowest BCUT2D eigenvalue weighted by atomic mass is 9.99. The molecule has 3 aromatic rings. The maximum absolute atomic E-state index is 14.5. The van der Waals surface area contributed by atoms with Crippen molar-refractivity contribution in [3.8, 4) is 0 Å². The molecule has 156 valence electrons. The molecule has 1 amide bonds. The Bertz CT molecular complexity index is 1310. The van der Waals surface area contributed by atoms with Crippen LogP contribution in [-0.2, 0) is 33.1 Å². The highest BCUT2D eigenvalue weighted by Gasteiger charge is 2.60. The van der Waals surface area contributed by atoms with Crippen LogP contribution in [0.5, 0.6) is 0 Å². The number of halogens is 2. The van der Waals surface area contributed by atoms with E-state index in [-0.39, 0.29) is 24.7 Å². The van der Waals surface area contributed by atoms with Crippen molar-refractivity contribution in [2.24, 2.45) is 0 Å². The van der Waals surface area contributed by atoms with Gasteiger partial charge in [-0.15, -0.1) is 0 Å². The fourth-order valence-corrected chi connectivity index (χ4v) is 5.13. The number of carbonyl (C=O) groups excluding carboxylic acids is 1. The van der Waals surface area contributed by atoms with Crippen LogP contribution in [0.1, 0.15) is 24.1 Å². The lowest BCUT2D eigenvalue weighted by molar-refractivity contribution is -0.120. The number of aromatic nitrogens is 2. The van der Waals surface area contributed by atoms with Crippen molar-refractivity contribution in [3.63, 3.8) is 0 Å². The van der Waals surface area contributed by atoms with E-state index < -0.39 is 21.1 Å². The smallest absolute Gasteiger partial charge is 0.238 e. The Hall–Kier alpha value is -2.45. The van der Waals surface area contributed by atoms with Gasteiger partial charge in [-0.25, -0.2) is 12.8 Å². The zero-order chi connectivity index (χ0) is 21.3. The number of carbonyl (C=O) groups is 1. The number of fused-ring (bicyclic) bond motifs is 3. The van der Waals surface area contributed by atoms with Gasteiger partial charge in [0.2, 0.25) is 5.91 Å². The zero-order valence-electron chi connectivity index (χ0n) is 16.2. The second-order valence-corrected chi connectivity index (χ2v) is 10.8. The maximum Gasteiger partial charge on any atom is 0.238 e. The van der Waals surface area contributed by atoms with Crippen molar-refractivity contribution < 1.29 is 17.6 Å². The molecule has 1 aliphatic heterocycles. The zero-order valence-corrected chi connectivity index (χ0v) is 17.8. The van der Waals surface area contributed by atoms with Gasteiger partial charge in [-0.05, 0) is 37.1 Å². The molecule has 1 aliphatic carbocycles. The van der Waals surface area contributed by atoms with Crippen molar-refractivity contribution >= 4 is 43.9 Å². The van der Waals surface area contributed by atoms with Gasteiger partial charge >= 0.3 is 0 Å². The lowest BCUT2D eigenvalue weighted by Gasteiger charge is -2.19. The number of hydrogen-bond donors (Lipinski definition) is 0. The van der Waals surface area contributed by atoms with Crippen LogP contribution in [0.3, 0.4) is 0 Å². The Morgan fingerprint density at radius 1 is 1.23 bits per heavy atom. The molecule has 30 heavy (non-hydrogen) atoms. The van der Waals surface area contributed by atoms with Crippen molar-refractivity contribution in [1.82, 2.24) is 9.55 Å². The fourth-order valence-electron chi connectivity index (χ4n) is 4.44. The molecule has 1 aromatic carbocycles. The summed E-state index contributed by atoms with van der Waals surface area (Å²) in [6, 6.07) is 7.30. The highest BCUT2D eigenvalue weighted by atomic mass is 35.5. The second kappa shape index (κ2) is 6.52. The minimum absolute atomic E-state index is 0.0307. The van der Waals surface area contributed by atoms with Gasteiger partial charge in [0.1, 0.15) is 15.7 Å². The fraction of sp³-hybridized carbons (Fsp3) is 0.333. The van der Waals surface area contributed by atoms with Crippen LogP contribution in [0, 0.1) is 5.82 Å². The van der Waals surface area contributed by atoms with E-state index >= 15 is 0 Å². The average molecular weight is 448 g/mol. The molecule has 0 unspecified atom stereocenters. The van der Waals surface area contributed by atoms with E-state index in [4.69, 9.17) is 11.6 Å². The number of sulfone groups is 1. The van der Waals surface area contributed by atoms with Crippen molar-refractivity contribution in [2.75, 3.05) is 16.9 Å². The largest absolute Gasteiger partial charge is 0.342 e. The van der Waals surface area contributed by atoms with E-state index in [1.807, 2.05) is 16.7 Å². The third kappa shape index (κ3) is 3.01. The molecule has 1 saturated carbocycles. The summed E-state index contributed by atoms with van der Waals surface area (Å²) in [6.45, 7) is 0.454. The summed E-state index contributed by atoms with van der Waals surface area (Å²) < 4.78 is 40.0. The van der Waals surface area contributed by atoms with Crippen LogP contribution in [0.4, 0.5) is 10.1 Å². The number of amides is 1. The van der Waals surface area contributed by atoms with Crippen molar-refractivity contribution in [1.29, 1.82) is 0 Å². The van der Waals surface area contributed by atoms with E-state index in [0.717, 1.165) is 22.8 Å². The molecule has 0 N–H and O–H groups in total. The van der Waals surface area contributed by atoms with Crippen LogP contribution in [-0.4, -0.2) is 35.9 Å². The van der Waals surface area contributed by atoms with Crippen molar-refractivity contribution in [2.45, 2.75) is 31.3 Å². The van der Waals surface area contributed by atoms with Crippen LogP contribution >= 0.6 is 11.6 Å². The van der Waals surface area contributed by atoms with Gasteiger partial charge in [-0.1, -0.05) is 11.6 Å². The normalized spacial score (nSPS) is 17.2. The van der Waals surface area contributed by atoms with Gasteiger partial charge in [0.15, 0.2) is 0 Å². The summed E-state index contributed by atoms with van der Waals surface area (Å²) in [5, 5.41) is 1.43. The third-order valence-corrected chi connectivity index (χ3v) is 7.17. The average Bonchev–Trinajstić information content (AvgIpc) is 3.34. The summed E-state index contributed by atoms with van der Waals surface area (Å²) in [6.07, 6.45) is 5.14. The number of rotatable bonds is 5. The maximum atomic E-state index is 14.5. The standard InChI is InChI=1S/C21H19ClFN3O3S/c1-30(28,29)7-6-25-15(9-13-8-14(22)2-3-17(13)25)12-26-18-11-24-10-16(23)19(18)21(4-5-21)20(26)27/h2-3,8-11H,4-7,12H2,1H3. The summed E-state index contributed by atoms with van der Waals surface area (Å²) in [5.41, 5.74) is 1.76. The van der Waals surface area contributed by atoms with E-state index in [2.05, 4.69) is 4.98 Å². The number of aryl methyl sites for hydroxylation is 1. The van der Waals surface area contributed by atoms with Gasteiger partial charge in [-0.2, -0.15) is 0 Å². The van der Waals surface area contributed by atoms with Gasteiger partial charge in [-0.3, -0.25) is 9.78 Å². The number of hydrogen-bond acceptors (Lipinski definition) is 4. The van der Waals surface area contributed by atoms with Crippen LogP contribution in [0.25, 0.3) is 10.9 Å². The number of nitrogens with zero attached hydrogens (tertiary/aromatic N) is 3. The highest BCUT2D eigenvalue weighted by molar-refractivity contribution is 7.90. The topological polar surface area (TPSA) is 72.3 Å². The molecule has 0 bridgehead atoms. The summed E-state index contributed by atoms with van der Waals surface area (Å²) in [5.74, 6) is -0.607. The molecule has 2 aliphatic rings. The Morgan fingerprint density at radius 3 is 2.70 bits per heavy atom. The molecular formula is C21H19ClFN3O3S. The Kier molecular flexibility index (Phi) is 4.24. The monoisotopic (exact) mass is 447 g/mol. The predicted molar refractivity (Wildman–Crippen MR) is 113 cm³/mol. The van der Waals surface area contributed by atoms with Crippen molar-refractivity contribution in [3.05, 3.63) is 58.8 Å². The molecule has 0 radical (unpaired) electrons. The van der Waals surface area contributed by atoms with Crippen LogP contribution in [0.2, 0.25) is 5.02 Å². The minimum atomic E-state index is -3.18.